The SMILES string of the molecule is CC1(CNC(=O)Nc2ccc(C(=O)O)nc2)CCCC1. The molecule has 1 aromatic rings. The maximum atomic E-state index is 11.8. The van der Waals surface area contributed by atoms with E-state index in [0.29, 0.717) is 12.2 Å². The Hall–Kier alpha value is -2.11. The standard InChI is InChI=1S/C14H19N3O3/c1-14(6-2-3-7-14)9-16-13(20)17-10-4-5-11(12(18)19)15-8-10/h4-5,8H,2-3,6-7,9H2,1H3,(H,18,19)(H2,16,17,20). The molecule has 0 saturated heterocycles. The molecule has 1 aromatic heterocycles. The first-order valence-electron chi connectivity index (χ1n) is 6.73. The van der Waals surface area contributed by atoms with Gasteiger partial charge in [-0.15, -0.1) is 0 Å². The van der Waals surface area contributed by atoms with Crippen LogP contribution in [0.4, 0.5) is 10.5 Å². The number of amides is 2. The third-order valence-corrected chi connectivity index (χ3v) is 3.73. The summed E-state index contributed by atoms with van der Waals surface area (Å²) in [5.41, 5.74) is 0.626. The molecule has 1 aliphatic carbocycles. The Morgan fingerprint density at radius 2 is 2.05 bits per heavy atom. The molecular formula is C14H19N3O3. The van der Waals surface area contributed by atoms with E-state index in [9.17, 15) is 9.59 Å². The average molecular weight is 277 g/mol. The lowest BCUT2D eigenvalue weighted by molar-refractivity contribution is 0.0690. The van der Waals surface area contributed by atoms with Gasteiger partial charge in [-0.2, -0.15) is 0 Å². The van der Waals surface area contributed by atoms with Crippen molar-refractivity contribution in [1.82, 2.24) is 10.3 Å². The topological polar surface area (TPSA) is 91.3 Å². The molecule has 0 radical (unpaired) electrons. The van der Waals surface area contributed by atoms with Crippen LogP contribution in [0.5, 0.6) is 0 Å². The third kappa shape index (κ3) is 3.69. The van der Waals surface area contributed by atoms with Gasteiger partial charge in [0.25, 0.3) is 0 Å². The molecule has 1 fully saturated rings. The zero-order valence-corrected chi connectivity index (χ0v) is 11.5. The fourth-order valence-electron chi connectivity index (χ4n) is 2.47. The summed E-state index contributed by atoms with van der Waals surface area (Å²) >= 11 is 0. The highest BCUT2D eigenvalue weighted by Crippen LogP contribution is 2.36. The number of pyridine rings is 1. The van der Waals surface area contributed by atoms with Crippen molar-refractivity contribution < 1.29 is 14.7 Å². The maximum Gasteiger partial charge on any atom is 0.354 e. The van der Waals surface area contributed by atoms with Crippen LogP contribution in [-0.4, -0.2) is 28.6 Å². The second-order valence-electron chi connectivity index (χ2n) is 5.56. The van der Waals surface area contributed by atoms with E-state index in [1.807, 2.05) is 0 Å². The summed E-state index contributed by atoms with van der Waals surface area (Å²) in [6, 6.07) is 2.59. The van der Waals surface area contributed by atoms with E-state index in [-0.39, 0.29) is 17.1 Å². The molecule has 1 saturated carbocycles. The van der Waals surface area contributed by atoms with Gasteiger partial charge < -0.3 is 15.7 Å². The summed E-state index contributed by atoms with van der Waals surface area (Å²) < 4.78 is 0. The monoisotopic (exact) mass is 277 g/mol. The van der Waals surface area contributed by atoms with Crippen LogP contribution >= 0.6 is 0 Å². The van der Waals surface area contributed by atoms with Crippen molar-refractivity contribution in [2.45, 2.75) is 32.6 Å². The third-order valence-electron chi connectivity index (χ3n) is 3.73. The minimum Gasteiger partial charge on any atom is -0.477 e. The van der Waals surface area contributed by atoms with Crippen LogP contribution in [0.1, 0.15) is 43.1 Å². The quantitative estimate of drug-likeness (QED) is 0.788. The molecule has 108 valence electrons. The van der Waals surface area contributed by atoms with E-state index in [1.54, 1.807) is 0 Å². The molecule has 0 aromatic carbocycles. The molecule has 0 atom stereocenters. The number of hydrogen-bond acceptors (Lipinski definition) is 3. The highest BCUT2D eigenvalue weighted by Gasteiger charge is 2.28. The smallest absolute Gasteiger partial charge is 0.354 e. The second-order valence-corrected chi connectivity index (χ2v) is 5.56. The first-order valence-corrected chi connectivity index (χ1v) is 6.73. The Balaban J connectivity index is 1.83. The molecule has 2 rings (SSSR count). The number of urea groups is 1. The maximum absolute atomic E-state index is 11.8. The molecular weight excluding hydrogens is 258 g/mol. The Bertz CT molecular complexity index is 493. The second kappa shape index (κ2) is 5.90. The molecule has 20 heavy (non-hydrogen) atoms. The lowest BCUT2D eigenvalue weighted by Gasteiger charge is -2.23. The summed E-state index contributed by atoms with van der Waals surface area (Å²) in [7, 11) is 0. The van der Waals surface area contributed by atoms with E-state index < -0.39 is 5.97 Å². The first-order chi connectivity index (χ1) is 9.48. The van der Waals surface area contributed by atoms with Gasteiger partial charge in [-0.1, -0.05) is 19.8 Å². The zero-order valence-electron chi connectivity index (χ0n) is 11.5. The van der Waals surface area contributed by atoms with Crippen LogP contribution in [-0.2, 0) is 0 Å². The summed E-state index contributed by atoms with van der Waals surface area (Å²) in [5, 5.41) is 14.2. The lowest BCUT2D eigenvalue weighted by atomic mass is 9.89. The Morgan fingerprint density at radius 1 is 1.35 bits per heavy atom. The molecule has 3 N–H and O–H groups in total. The molecule has 2 amide bonds. The van der Waals surface area contributed by atoms with E-state index in [0.717, 1.165) is 12.8 Å². The van der Waals surface area contributed by atoms with Gasteiger partial charge in [-0.25, -0.2) is 14.6 Å². The number of carboxylic acid groups (broad SMARTS) is 1. The Labute approximate surface area is 117 Å². The summed E-state index contributed by atoms with van der Waals surface area (Å²) in [4.78, 5) is 26.2. The van der Waals surface area contributed by atoms with Crippen molar-refractivity contribution in [2.24, 2.45) is 5.41 Å². The van der Waals surface area contributed by atoms with Crippen molar-refractivity contribution >= 4 is 17.7 Å². The van der Waals surface area contributed by atoms with Crippen LogP contribution in [0.25, 0.3) is 0 Å². The zero-order chi connectivity index (χ0) is 14.6. The molecule has 0 aliphatic heterocycles. The molecule has 0 bridgehead atoms. The summed E-state index contributed by atoms with van der Waals surface area (Å²) in [6.07, 6.45) is 6.06. The highest BCUT2D eigenvalue weighted by molar-refractivity contribution is 5.90. The minimum atomic E-state index is -1.09. The average Bonchev–Trinajstić information content (AvgIpc) is 2.85. The number of aromatic nitrogens is 1. The van der Waals surface area contributed by atoms with Gasteiger partial charge in [0.1, 0.15) is 5.69 Å². The van der Waals surface area contributed by atoms with Crippen LogP contribution < -0.4 is 10.6 Å². The van der Waals surface area contributed by atoms with Crippen molar-refractivity contribution in [3.05, 3.63) is 24.0 Å². The van der Waals surface area contributed by atoms with E-state index in [4.69, 9.17) is 5.11 Å². The number of nitrogens with one attached hydrogen (secondary N) is 2. The number of anilines is 1. The van der Waals surface area contributed by atoms with Gasteiger partial charge in [-0.05, 0) is 30.4 Å². The van der Waals surface area contributed by atoms with Crippen molar-refractivity contribution in [2.75, 3.05) is 11.9 Å². The Kier molecular flexibility index (Phi) is 4.22. The van der Waals surface area contributed by atoms with E-state index >= 15 is 0 Å². The van der Waals surface area contributed by atoms with Gasteiger partial charge in [0.2, 0.25) is 0 Å². The van der Waals surface area contributed by atoms with E-state index in [2.05, 4.69) is 22.5 Å². The first kappa shape index (κ1) is 14.3. The highest BCUT2D eigenvalue weighted by atomic mass is 16.4. The number of aromatic carboxylic acids is 1. The summed E-state index contributed by atoms with van der Waals surface area (Å²) in [5.74, 6) is -1.09. The molecule has 6 nitrogen and oxygen atoms in total. The lowest BCUT2D eigenvalue weighted by Crippen LogP contribution is -2.36. The normalized spacial score (nSPS) is 16.6. The summed E-state index contributed by atoms with van der Waals surface area (Å²) in [6.45, 7) is 2.84. The van der Waals surface area contributed by atoms with Crippen LogP contribution in [0, 0.1) is 5.41 Å². The number of carboxylic acids is 1. The number of hydrogen-bond donors (Lipinski definition) is 3. The van der Waals surface area contributed by atoms with Crippen molar-refractivity contribution in [3.63, 3.8) is 0 Å². The van der Waals surface area contributed by atoms with Crippen molar-refractivity contribution in [3.8, 4) is 0 Å². The number of carbonyl (C=O) groups excluding carboxylic acids is 1. The van der Waals surface area contributed by atoms with Gasteiger partial charge in [0.05, 0.1) is 11.9 Å². The predicted molar refractivity (Wildman–Crippen MR) is 74.8 cm³/mol. The Morgan fingerprint density at radius 3 is 2.60 bits per heavy atom. The van der Waals surface area contributed by atoms with Crippen LogP contribution in [0.15, 0.2) is 18.3 Å². The number of carbonyl (C=O) groups is 2. The van der Waals surface area contributed by atoms with E-state index in [1.165, 1.54) is 31.2 Å². The number of rotatable bonds is 4. The van der Waals surface area contributed by atoms with Gasteiger partial charge in [0.15, 0.2) is 0 Å². The molecule has 6 heteroatoms. The van der Waals surface area contributed by atoms with Crippen LogP contribution in [0.2, 0.25) is 0 Å². The fraction of sp³-hybridized carbons (Fsp3) is 0.500. The molecule has 0 unspecified atom stereocenters. The van der Waals surface area contributed by atoms with Gasteiger partial charge >= 0.3 is 12.0 Å². The van der Waals surface area contributed by atoms with Crippen LogP contribution in [0.3, 0.4) is 0 Å². The minimum absolute atomic E-state index is 0.0468. The molecule has 1 heterocycles. The van der Waals surface area contributed by atoms with Gasteiger partial charge in [0, 0.05) is 6.54 Å². The predicted octanol–water partition coefficient (Wildman–Crippen LogP) is 2.48. The molecule has 0 spiro atoms. The number of nitrogens with zero attached hydrogens (tertiary/aromatic N) is 1. The largest absolute Gasteiger partial charge is 0.477 e. The fourth-order valence-corrected chi connectivity index (χ4v) is 2.47. The van der Waals surface area contributed by atoms with Crippen molar-refractivity contribution in [1.29, 1.82) is 0 Å². The van der Waals surface area contributed by atoms with Gasteiger partial charge in [-0.3, -0.25) is 0 Å². The molecule has 1 aliphatic rings.